The van der Waals surface area contributed by atoms with Crippen LogP contribution in [0.2, 0.25) is 0 Å². The van der Waals surface area contributed by atoms with Crippen molar-refractivity contribution < 1.29 is 4.74 Å². The van der Waals surface area contributed by atoms with Crippen molar-refractivity contribution in [3.8, 4) is 0 Å². The van der Waals surface area contributed by atoms with E-state index in [-0.39, 0.29) is 0 Å². The maximum absolute atomic E-state index is 5.39. The molecule has 0 atom stereocenters. The molecule has 1 aliphatic rings. The second kappa shape index (κ2) is 7.04. The molecule has 0 aliphatic carbocycles. The summed E-state index contributed by atoms with van der Waals surface area (Å²) in [5.41, 5.74) is 1.37. The van der Waals surface area contributed by atoms with Gasteiger partial charge in [0.2, 0.25) is 0 Å². The minimum absolute atomic E-state index is 0.835. The van der Waals surface area contributed by atoms with Gasteiger partial charge in [-0.25, -0.2) is 0 Å². The molecular formula is C14H21NOS. The fraction of sp³-hybridized carbons (Fsp3) is 0.571. The van der Waals surface area contributed by atoms with Crippen molar-refractivity contribution in [3.05, 3.63) is 29.8 Å². The lowest BCUT2D eigenvalue weighted by Crippen LogP contribution is -2.17. The highest BCUT2D eigenvalue weighted by atomic mass is 32.2. The van der Waals surface area contributed by atoms with E-state index in [4.69, 9.17) is 4.74 Å². The van der Waals surface area contributed by atoms with Crippen LogP contribution in [0.15, 0.2) is 29.2 Å². The van der Waals surface area contributed by atoms with E-state index in [9.17, 15) is 0 Å². The van der Waals surface area contributed by atoms with Gasteiger partial charge in [0, 0.05) is 30.4 Å². The van der Waals surface area contributed by atoms with Gasteiger partial charge in [-0.15, -0.1) is 11.8 Å². The lowest BCUT2D eigenvalue weighted by atomic mass is 10.0. The van der Waals surface area contributed by atoms with E-state index in [1.807, 2.05) is 18.8 Å². The van der Waals surface area contributed by atoms with Crippen LogP contribution in [0.5, 0.6) is 0 Å². The SMILES string of the molecule is CNCc1cccc(SCC2CCOCC2)c1. The van der Waals surface area contributed by atoms with E-state index in [2.05, 4.69) is 29.6 Å². The minimum atomic E-state index is 0.835. The first-order chi connectivity index (χ1) is 8.38. The number of hydrogen-bond acceptors (Lipinski definition) is 3. The van der Waals surface area contributed by atoms with Crippen LogP contribution < -0.4 is 5.32 Å². The molecule has 0 spiro atoms. The molecule has 1 saturated heterocycles. The van der Waals surface area contributed by atoms with E-state index in [0.717, 1.165) is 25.7 Å². The number of hydrogen-bond donors (Lipinski definition) is 1. The van der Waals surface area contributed by atoms with Gasteiger partial charge >= 0.3 is 0 Å². The minimum Gasteiger partial charge on any atom is -0.381 e. The highest BCUT2D eigenvalue weighted by molar-refractivity contribution is 7.99. The highest BCUT2D eigenvalue weighted by Crippen LogP contribution is 2.26. The summed E-state index contributed by atoms with van der Waals surface area (Å²) in [6.07, 6.45) is 2.45. The van der Waals surface area contributed by atoms with Crippen LogP contribution in [0.25, 0.3) is 0 Å². The van der Waals surface area contributed by atoms with Gasteiger partial charge in [-0.3, -0.25) is 0 Å². The van der Waals surface area contributed by atoms with Crippen LogP contribution in [0.1, 0.15) is 18.4 Å². The Balaban J connectivity index is 1.83. The maximum atomic E-state index is 5.39. The third kappa shape index (κ3) is 4.34. The van der Waals surface area contributed by atoms with Crippen molar-refractivity contribution in [1.82, 2.24) is 5.32 Å². The molecule has 1 aromatic rings. The van der Waals surface area contributed by atoms with Crippen molar-refractivity contribution in [2.75, 3.05) is 26.0 Å². The second-order valence-corrected chi connectivity index (χ2v) is 5.64. The zero-order valence-electron chi connectivity index (χ0n) is 10.4. The average molecular weight is 251 g/mol. The molecule has 0 amide bonds. The van der Waals surface area contributed by atoms with Crippen molar-refractivity contribution in [2.24, 2.45) is 5.92 Å². The lowest BCUT2D eigenvalue weighted by molar-refractivity contribution is 0.0728. The molecule has 0 bridgehead atoms. The largest absolute Gasteiger partial charge is 0.381 e. The topological polar surface area (TPSA) is 21.3 Å². The zero-order valence-corrected chi connectivity index (χ0v) is 11.3. The lowest BCUT2D eigenvalue weighted by Gasteiger charge is -2.21. The smallest absolute Gasteiger partial charge is 0.0468 e. The fourth-order valence-corrected chi connectivity index (χ4v) is 3.25. The van der Waals surface area contributed by atoms with Crippen LogP contribution in [-0.4, -0.2) is 26.0 Å². The Bertz CT molecular complexity index is 337. The number of nitrogens with one attached hydrogen (secondary N) is 1. The van der Waals surface area contributed by atoms with Gasteiger partial charge in [0.15, 0.2) is 0 Å². The van der Waals surface area contributed by atoms with Crippen LogP contribution in [0, 0.1) is 5.92 Å². The highest BCUT2D eigenvalue weighted by Gasteiger charge is 2.13. The first-order valence-electron chi connectivity index (χ1n) is 6.32. The first-order valence-corrected chi connectivity index (χ1v) is 7.31. The Kier molecular flexibility index (Phi) is 5.36. The summed E-state index contributed by atoms with van der Waals surface area (Å²) in [7, 11) is 1.99. The summed E-state index contributed by atoms with van der Waals surface area (Å²) < 4.78 is 5.39. The standard InChI is InChI=1S/C14H21NOS/c1-15-10-13-3-2-4-14(9-13)17-11-12-5-7-16-8-6-12/h2-4,9,12,15H,5-8,10-11H2,1H3. The number of ether oxygens (including phenoxy) is 1. The molecule has 94 valence electrons. The predicted octanol–water partition coefficient (Wildman–Crippen LogP) is 2.92. The molecule has 0 saturated carbocycles. The van der Waals surface area contributed by atoms with E-state index >= 15 is 0 Å². The summed E-state index contributed by atoms with van der Waals surface area (Å²) in [5.74, 6) is 2.06. The molecule has 0 aromatic heterocycles. The fourth-order valence-electron chi connectivity index (χ4n) is 2.08. The summed E-state index contributed by atoms with van der Waals surface area (Å²) in [4.78, 5) is 1.39. The molecule has 2 nitrogen and oxygen atoms in total. The Morgan fingerprint density at radius 1 is 1.35 bits per heavy atom. The number of thioether (sulfide) groups is 1. The Hall–Kier alpha value is -0.510. The van der Waals surface area contributed by atoms with Crippen LogP contribution in [-0.2, 0) is 11.3 Å². The molecule has 1 aromatic carbocycles. The second-order valence-electron chi connectivity index (χ2n) is 4.54. The number of rotatable bonds is 5. The molecule has 1 fully saturated rings. The molecule has 1 aliphatic heterocycles. The van der Waals surface area contributed by atoms with Crippen LogP contribution in [0.4, 0.5) is 0 Å². The third-order valence-electron chi connectivity index (χ3n) is 3.11. The van der Waals surface area contributed by atoms with Gasteiger partial charge in [-0.05, 0) is 43.5 Å². The Morgan fingerprint density at radius 3 is 2.94 bits per heavy atom. The van der Waals surface area contributed by atoms with E-state index < -0.39 is 0 Å². The molecule has 0 unspecified atom stereocenters. The van der Waals surface area contributed by atoms with Gasteiger partial charge in [0.25, 0.3) is 0 Å². The molecule has 1 heterocycles. The average Bonchev–Trinajstić information content (AvgIpc) is 2.39. The van der Waals surface area contributed by atoms with E-state index in [0.29, 0.717) is 0 Å². The van der Waals surface area contributed by atoms with Crippen molar-refractivity contribution >= 4 is 11.8 Å². The summed E-state index contributed by atoms with van der Waals surface area (Å²) in [5, 5.41) is 3.19. The molecule has 0 radical (unpaired) electrons. The first kappa shape index (κ1) is 12.9. The van der Waals surface area contributed by atoms with Crippen molar-refractivity contribution in [3.63, 3.8) is 0 Å². The van der Waals surface area contributed by atoms with Crippen LogP contribution in [0.3, 0.4) is 0 Å². The molecule has 3 heteroatoms. The van der Waals surface area contributed by atoms with Gasteiger partial charge in [-0.1, -0.05) is 12.1 Å². The van der Waals surface area contributed by atoms with Gasteiger partial charge in [0.1, 0.15) is 0 Å². The third-order valence-corrected chi connectivity index (χ3v) is 4.33. The van der Waals surface area contributed by atoms with Gasteiger partial charge in [0.05, 0.1) is 0 Å². The summed E-state index contributed by atoms with van der Waals surface area (Å²) in [6.45, 7) is 2.85. The Labute approximate surface area is 108 Å². The van der Waals surface area contributed by atoms with Gasteiger partial charge < -0.3 is 10.1 Å². The molecule has 2 rings (SSSR count). The maximum Gasteiger partial charge on any atom is 0.0468 e. The Morgan fingerprint density at radius 2 is 2.18 bits per heavy atom. The molecule has 1 N–H and O–H groups in total. The summed E-state index contributed by atoms with van der Waals surface area (Å²) in [6, 6.07) is 8.83. The zero-order chi connectivity index (χ0) is 11.9. The van der Waals surface area contributed by atoms with Crippen LogP contribution >= 0.6 is 11.8 Å². The monoisotopic (exact) mass is 251 g/mol. The quantitative estimate of drug-likeness (QED) is 0.813. The van der Waals surface area contributed by atoms with Crippen molar-refractivity contribution in [1.29, 1.82) is 0 Å². The van der Waals surface area contributed by atoms with Crippen molar-refractivity contribution in [2.45, 2.75) is 24.3 Å². The number of benzene rings is 1. The molecular weight excluding hydrogens is 230 g/mol. The van der Waals surface area contributed by atoms with E-state index in [1.54, 1.807) is 0 Å². The predicted molar refractivity (Wildman–Crippen MR) is 73.5 cm³/mol. The summed E-state index contributed by atoms with van der Waals surface area (Å²) >= 11 is 1.98. The molecule has 17 heavy (non-hydrogen) atoms. The normalized spacial score (nSPS) is 17.2. The van der Waals surface area contributed by atoms with Gasteiger partial charge in [-0.2, -0.15) is 0 Å². The van der Waals surface area contributed by atoms with E-state index in [1.165, 1.54) is 29.1 Å².